The first-order chi connectivity index (χ1) is 9.08. The lowest BCUT2D eigenvalue weighted by molar-refractivity contribution is -0.137. The fourth-order valence-corrected chi connectivity index (χ4v) is 3.36. The molecule has 1 aromatic rings. The van der Waals surface area contributed by atoms with Crippen LogP contribution < -0.4 is 0 Å². The molecular weight excluding hydrogens is 248 g/mol. The number of carbonyl (C=O) groups is 1. The molecule has 20 heavy (non-hydrogen) atoms. The molecule has 1 N–H and O–H groups in total. The Morgan fingerprint density at radius 3 is 2.55 bits per heavy atom. The van der Waals surface area contributed by atoms with Crippen molar-refractivity contribution in [2.45, 2.75) is 65.2 Å². The standard InChI is InChI=1S/C18H26O2/c1-17(2,3)14-7-6-12-10-18(4,5)11-13(8-16(19)20)15(12)9-14/h6-7,9,13H,8,10-11H2,1-5H3,(H,19,20). The average Bonchev–Trinajstić information content (AvgIpc) is 2.24. The number of carboxylic acid groups (broad SMARTS) is 1. The zero-order chi connectivity index (χ0) is 15.1. The van der Waals surface area contributed by atoms with Crippen LogP contribution in [0.2, 0.25) is 0 Å². The van der Waals surface area contributed by atoms with Crippen molar-refractivity contribution < 1.29 is 9.90 Å². The van der Waals surface area contributed by atoms with Gasteiger partial charge in [-0.05, 0) is 46.3 Å². The lowest BCUT2D eigenvalue weighted by Crippen LogP contribution is -2.27. The van der Waals surface area contributed by atoms with E-state index in [-0.39, 0.29) is 23.2 Å². The molecule has 110 valence electrons. The van der Waals surface area contributed by atoms with Crippen molar-refractivity contribution in [3.05, 3.63) is 34.9 Å². The fraction of sp³-hybridized carbons (Fsp3) is 0.611. The van der Waals surface area contributed by atoms with E-state index in [4.69, 9.17) is 0 Å². The van der Waals surface area contributed by atoms with Gasteiger partial charge in [0.25, 0.3) is 0 Å². The Morgan fingerprint density at radius 2 is 2.00 bits per heavy atom. The Morgan fingerprint density at radius 1 is 1.35 bits per heavy atom. The molecule has 1 unspecified atom stereocenters. The minimum Gasteiger partial charge on any atom is -0.481 e. The fourth-order valence-electron chi connectivity index (χ4n) is 3.36. The van der Waals surface area contributed by atoms with Gasteiger partial charge in [0.15, 0.2) is 0 Å². The third kappa shape index (κ3) is 3.23. The molecule has 0 saturated heterocycles. The quantitative estimate of drug-likeness (QED) is 0.861. The molecule has 0 spiro atoms. The molecule has 0 aliphatic heterocycles. The Balaban J connectivity index is 2.46. The van der Waals surface area contributed by atoms with Gasteiger partial charge in [0.05, 0.1) is 6.42 Å². The molecule has 1 atom stereocenters. The van der Waals surface area contributed by atoms with Gasteiger partial charge in [-0.2, -0.15) is 0 Å². The zero-order valence-electron chi connectivity index (χ0n) is 13.3. The summed E-state index contributed by atoms with van der Waals surface area (Å²) in [5.41, 5.74) is 4.19. The predicted molar refractivity (Wildman–Crippen MR) is 82.2 cm³/mol. The van der Waals surface area contributed by atoms with Gasteiger partial charge in [-0.15, -0.1) is 0 Å². The molecule has 0 radical (unpaired) electrons. The van der Waals surface area contributed by atoms with E-state index in [9.17, 15) is 9.90 Å². The zero-order valence-corrected chi connectivity index (χ0v) is 13.3. The maximum Gasteiger partial charge on any atom is 0.303 e. The Bertz CT molecular complexity index is 521. The maximum absolute atomic E-state index is 11.2. The first kappa shape index (κ1) is 15.1. The molecule has 0 aromatic heterocycles. The summed E-state index contributed by atoms with van der Waals surface area (Å²) >= 11 is 0. The Hall–Kier alpha value is -1.31. The minimum absolute atomic E-state index is 0.107. The normalized spacial score (nSPS) is 21.4. The molecular formula is C18H26O2. The van der Waals surface area contributed by atoms with Crippen LogP contribution in [0.15, 0.2) is 18.2 Å². The summed E-state index contributed by atoms with van der Waals surface area (Å²) in [5, 5.41) is 9.19. The molecule has 0 bridgehead atoms. The molecule has 0 saturated carbocycles. The molecule has 1 aliphatic rings. The predicted octanol–water partition coefficient (Wildman–Crippen LogP) is 4.51. The maximum atomic E-state index is 11.2. The van der Waals surface area contributed by atoms with Crippen molar-refractivity contribution >= 4 is 5.97 Å². The second-order valence-corrected chi connectivity index (χ2v) is 8.00. The van der Waals surface area contributed by atoms with Gasteiger partial charge in [-0.25, -0.2) is 0 Å². The first-order valence-corrected chi connectivity index (χ1v) is 7.44. The lowest BCUT2D eigenvalue weighted by Gasteiger charge is -2.37. The molecule has 2 heteroatoms. The SMILES string of the molecule is CC1(C)Cc2ccc(C(C)(C)C)cc2C(CC(=O)O)C1. The van der Waals surface area contributed by atoms with Crippen molar-refractivity contribution in [3.8, 4) is 0 Å². The summed E-state index contributed by atoms with van der Waals surface area (Å²) in [5.74, 6) is -0.548. The largest absolute Gasteiger partial charge is 0.481 e. The van der Waals surface area contributed by atoms with Gasteiger partial charge in [0, 0.05) is 0 Å². The number of rotatable bonds is 2. The topological polar surface area (TPSA) is 37.3 Å². The summed E-state index contributed by atoms with van der Waals surface area (Å²) in [6.45, 7) is 11.1. The third-order valence-electron chi connectivity index (χ3n) is 4.34. The molecule has 1 aromatic carbocycles. The molecule has 1 aliphatic carbocycles. The second kappa shape index (κ2) is 4.91. The number of fused-ring (bicyclic) bond motifs is 1. The van der Waals surface area contributed by atoms with Crippen molar-refractivity contribution in [3.63, 3.8) is 0 Å². The molecule has 0 amide bonds. The van der Waals surface area contributed by atoms with E-state index >= 15 is 0 Å². The summed E-state index contributed by atoms with van der Waals surface area (Å²) in [6, 6.07) is 6.67. The molecule has 0 fully saturated rings. The van der Waals surface area contributed by atoms with Gasteiger partial charge >= 0.3 is 5.97 Å². The number of aliphatic carboxylic acids is 1. The second-order valence-electron chi connectivity index (χ2n) is 8.00. The number of carboxylic acids is 1. The molecule has 2 rings (SSSR count). The van der Waals surface area contributed by atoms with Crippen LogP contribution in [0, 0.1) is 5.41 Å². The van der Waals surface area contributed by atoms with E-state index < -0.39 is 5.97 Å². The van der Waals surface area contributed by atoms with Crippen LogP contribution in [0.5, 0.6) is 0 Å². The highest BCUT2D eigenvalue weighted by atomic mass is 16.4. The van der Waals surface area contributed by atoms with Gasteiger partial charge in [-0.3, -0.25) is 4.79 Å². The van der Waals surface area contributed by atoms with Gasteiger partial charge in [-0.1, -0.05) is 52.8 Å². The van der Waals surface area contributed by atoms with Crippen molar-refractivity contribution in [2.24, 2.45) is 5.41 Å². The number of benzene rings is 1. The van der Waals surface area contributed by atoms with Crippen LogP contribution in [-0.4, -0.2) is 11.1 Å². The molecule has 2 nitrogen and oxygen atoms in total. The van der Waals surface area contributed by atoms with E-state index in [0.717, 1.165) is 12.8 Å². The van der Waals surface area contributed by atoms with Crippen LogP contribution in [0.4, 0.5) is 0 Å². The van der Waals surface area contributed by atoms with E-state index in [1.807, 2.05) is 0 Å². The number of hydrogen-bond donors (Lipinski definition) is 1. The van der Waals surface area contributed by atoms with E-state index in [2.05, 4.69) is 52.8 Å². The van der Waals surface area contributed by atoms with Crippen LogP contribution in [0.1, 0.15) is 70.1 Å². The Labute approximate surface area is 122 Å². The smallest absolute Gasteiger partial charge is 0.303 e. The van der Waals surface area contributed by atoms with Gasteiger partial charge in [0.2, 0.25) is 0 Å². The highest BCUT2D eigenvalue weighted by Crippen LogP contribution is 2.44. The summed E-state index contributed by atoms with van der Waals surface area (Å²) < 4.78 is 0. The van der Waals surface area contributed by atoms with Crippen molar-refractivity contribution in [2.75, 3.05) is 0 Å². The summed E-state index contributed by atoms with van der Waals surface area (Å²) in [4.78, 5) is 11.2. The summed E-state index contributed by atoms with van der Waals surface area (Å²) in [6.07, 6.45) is 2.24. The van der Waals surface area contributed by atoms with Gasteiger partial charge in [0.1, 0.15) is 0 Å². The van der Waals surface area contributed by atoms with Crippen LogP contribution >= 0.6 is 0 Å². The Kier molecular flexibility index (Phi) is 3.70. The molecule has 0 heterocycles. The highest BCUT2D eigenvalue weighted by Gasteiger charge is 2.33. The van der Waals surface area contributed by atoms with E-state index in [0.29, 0.717) is 0 Å². The highest BCUT2D eigenvalue weighted by molar-refractivity contribution is 5.68. The lowest BCUT2D eigenvalue weighted by atomic mass is 9.67. The van der Waals surface area contributed by atoms with Crippen LogP contribution in [0.3, 0.4) is 0 Å². The average molecular weight is 274 g/mol. The van der Waals surface area contributed by atoms with Crippen LogP contribution in [0.25, 0.3) is 0 Å². The first-order valence-electron chi connectivity index (χ1n) is 7.44. The van der Waals surface area contributed by atoms with Crippen molar-refractivity contribution in [1.82, 2.24) is 0 Å². The number of hydrogen-bond acceptors (Lipinski definition) is 1. The third-order valence-corrected chi connectivity index (χ3v) is 4.34. The van der Waals surface area contributed by atoms with Crippen molar-refractivity contribution in [1.29, 1.82) is 0 Å². The monoisotopic (exact) mass is 274 g/mol. The summed E-state index contributed by atoms with van der Waals surface area (Å²) in [7, 11) is 0. The van der Waals surface area contributed by atoms with Gasteiger partial charge < -0.3 is 5.11 Å². The van der Waals surface area contributed by atoms with E-state index in [1.54, 1.807) is 0 Å². The minimum atomic E-state index is -0.695. The van der Waals surface area contributed by atoms with E-state index in [1.165, 1.54) is 16.7 Å². The van der Waals surface area contributed by atoms with Crippen LogP contribution in [-0.2, 0) is 16.6 Å².